The SMILES string of the molecule is COc1cc(OCc2cccc(CC(=O)c3csc(C)n3)c2)c2cc(-c3cn4nc(OC)sc4n3)oc2c1. The molecule has 0 unspecified atom stereocenters. The average Bonchev–Trinajstić information content (AvgIpc) is 3.69. The minimum absolute atomic E-state index is 0.000597. The fourth-order valence-electron chi connectivity index (χ4n) is 4.09. The Morgan fingerprint density at radius 3 is 2.71 bits per heavy atom. The van der Waals surface area contributed by atoms with E-state index in [-0.39, 0.29) is 12.2 Å². The molecule has 192 valence electrons. The van der Waals surface area contributed by atoms with Crippen LogP contribution >= 0.6 is 22.7 Å². The van der Waals surface area contributed by atoms with Gasteiger partial charge in [-0.15, -0.1) is 16.4 Å². The van der Waals surface area contributed by atoms with Gasteiger partial charge in [-0.3, -0.25) is 4.79 Å². The molecule has 6 aromatic rings. The fourth-order valence-corrected chi connectivity index (χ4v) is 5.40. The van der Waals surface area contributed by atoms with E-state index in [4.69, 9.17) is 18.6 Å². The fraction of sp³-hybridized carbons (Fsp3) is 0.185. The summed E-state index contributed by atoms with van der Waals surface area (Å²) in [6, 6.07) is 13.4. The molecule has 0 aliphatic carbocycles. The van der Waals surface area contributed by atoms with Crippen LogP contribution in [0.3, 0.4) is 0 Å². The number of imidazole rings is 1. The van der Waals surface area contributed by atoms with E-state index in [9.17, 15) is 4.79 Å². The van der Waals surface area contributed by atoms with Gasteiger partial charge in [0.2, 0.25) is 4.96 Å². The monoisotopic (exact) mass is 546 g/mol. The van der Waals surface area contributed by atoms with Gasteiger partial charge >= 0.3 is 0 Å². The van der Waals surface area contributed by atoms with Crippen LogP contribution in [0.1, 0.15) is 26.6 Å². The molecular weight excluding hydrogens is 524 g/mol. The van der Waals surface area contributed by atoms with Crippen LogP contribution in [-0.2, 0) is 13.0 Å². The number of furan rings is 1. The number of nitrogens with zero attached hydrogens (tertiary/aromatic N) is 4. The van der Waals surface area contributed by atoms with Crippen molar-refractivity contribution in [3.8, 4) is 28.1 Å². The predicted octanol–water partition coefficient (Wildman–Crippen LogP) is 5.99. The Bertz CT molecular complexity index is 1750. The number of ketones is 1. The third-order valence-electron chi connectivity index (χ3n) is 5.92. The first-order chi connectivity index (χ1) is 18.5. The number of aryl methyl sites for hydroxylation is 1. The van der Waals surface area contributed by atoms with Gasteiger partial charge in [0.05, 0.1) is 30.8 Å². The van der Waals surface area contributed by atoms with Crippen LogP contribution in [0.4, 0.5) is 0 Å². The zero-order chi connectivity index (χ0) is 26.2. The molecule has 0 atom stereocenters. The first-order valence-corrected chi connectivity index (χ1v) is 13.4. The van der Waals surface area contributed by atoms with E-state index in [0.717, 1.165) is 21.5 Å². The quantitative estimate of drug-likeness (QED) is 0.204. The van der Waals surface area contributed by atoms with Crippen molar-refractivity contribution in [3.05, 3.63) is 75.9 Å². The Labute approximate surface area is 225 Å². The largest absolute Gasteiger partial charge is 0.496 e. The van der Waals surface area contributed by atoms with Crippen molar-refractivity contribution >= 4 is 44.4 Å². The molecule has 0 saturated heterocycles. The van der Waals surface area contributed by atoms with Crippen molar-refractivity contribution in [1.29, 1.82) is 0 Å². The standard InChI is InChI=1S/C27H22N4O5S2/c1-15-28-21(14-37-15)22(32)8-16-5-4-6-17(7-16)13-35-23-9-18(33-2)10-24-19(23)11-25(36-24)20-12-31-26(29-20)38-27(30-31)34-3/h4-7,9-12,14H,8,13H2,1-3H3. The lowest BCUT2D eigenvalue weighted by atomic mass is 10.0. The van der Waals surface area contributed by atoms with Gasteiger partial charge in [-0.25, -0.2) is 14.5 Å². The summed E-state index contributed by atoms with van der Waals surface area (Å²) in [4.78, 5) is 22.2. The van der Waals surface area contributed by atoms with Gasteiger partial charge in [-0.05, 0) is 35.5 Å². The molecule has 2 aromatic carbocycles. The minimum atomic E-state index is 0.000597. The average molecular weight is 547 g/mol. The van der Waals surface area contributed by atoms with Gasteiger partial charge in [-0.2, -0.15) is 0 Å². The minimum Gasteiger partial charge on any atom is -0.496 e. The van der Waals surface area contributed by atoms with E-state index in [1.165, 1.54) is 22.7 Å². The summed E-state index contributed by atoms with van der Waals surface area (Å²) in [5, 5.41) is 8.34. The summed E-state index contributed by atoms with van der Waals surface area (Å²) in [6.07, 6.45) is 2.08. The number of rotatable bonds is 9. The third-order valence-corrected chi connectivity index (χ3v) is 7.57. The second-order valence-corrected chi connectivity index (χ2v) is 10.5. The highest BCUT2D eigenvalue weighted by Crippen LogP contribution is 2.37. The zero-order valence-electron chi connectivity index (χ0n) is 20.8. The van der Waals surface area contributed by atoms with Gasteiger partial charge in [-0.1, -0.05) is 24.3 Å². The van der Waals surface area contributed by atoms with Crippen molar-refractivity contribution in [1.82, 2.24) is 19.6 Å². The van der Waals surface area contributed by atoms with Crippen LogP contribution in [0.5, 0.6) is 16.7 Å². The van der Waals surface area contributed by atoms with Crippen LogP contribution in [0.25, 0.3) is 27.4 Å². The summed E-state index contributed by atoms with van der Waals surface area (Å²) in [6.45, 7) is 2.20. The number of methoxy groups -OCH3 is 2. The lowest BCUT2D eigenvalue weighted by Gasteiger charge is -2.10. The number of carbonyl (C=O) groups is 1. The smallest absolute Gasteiger partial charge is 0.294 e. The number of thiazole rings is 1. The highest BCUT2D eigenvalue weighted by atomic mass is 32.1. The molecule has 0 aliphatic rings. The topological polar surface area (TPSA) is 101 Å². The van der Waals surface area contributed by atoms with Gasteiger partial charge < -0.3 is 18.6 Å². The summed E-state index contributed by atoms with van der Waals surface area (Å²) in [7, 11) is 3.17. The Kier molecular flexibility index (Phi) is 6.30. The van der Waals surface area contributed by atoms with Crippen molar-refractivity contribution in [2.24, 2.45) is 0 Å². The van der Waals surface area contributed by atoms with Crippen LogP contribution in [0.2, 0.25) is 0 Å². The molecule has 0 aliphatic heterocycles. The van der Waals surface area contributed by atoms with Gasteiger partial charge in [0, 0.05) is 23.9 Å². The van der Waals surface area contributed by atoms with Crippen LogP contribution in [0, 0.1) is 6.92 Å². The number of Topliss-reactive ketones (excluding diaryl/α,β-unsaturated/α-hetero) is 1. The molecule has 4 heterocycles. The Hall–Kier alpha value is -4.22. The lowest BCUT2D eigenvalue weighted by Crippen LogP contribution is -2.05. The van der Waals surface area contributed by atoms with E-state index in [0.29, 0.717) is 51.0 Å². The Balaban J connectivity index is 1.24. The molecule has 4 aromatic heterocycles. The number of aromatic nitrogens is 4. The number of hydrogen-bond acceptors (Lipinski definition) is 10. The first kappa shape index (κ1) is 24.1. The summed E-state index contributed by atoms with van der Waals surface area (Å²) >= 11 is 2.82. The van der Waals surface area contributed by atoms with E-state index in [1.54, 1.807) is 30.3 Å². The molecule has 0 amide bonds. The van der Waals surface area contributed by atoms with Crippen molar-refractivity contribution < 1.29 is 23.4 Å². The summed E-state index contributed by atoms with van der Waals surface area (Å²) in [5.74, 6) is 1.83. The maximum Gasteiger partial charge on any atom is 0.294 e. The summed E-state index contributed by atoms with van der Waals surface area (Å²) in [5.41, 5.74) is 3.64. The molecule has 38 heavy (non-hydrogen) atoms. The zero-order valence-corrected chi connectivity index (χ0v) is 22.4. The lowest BCUT2D eigenvalue weighted by molar-refractivity contribution is 0.0988. The van der Waals surface area contributed by atoms with Crippen molar-refractivity contribution in [2.75, 3.05) is 14.2 Å². The molecule has 0 bridgehead atoms. The molecule has 0 spiro atoms. The number of hydrogen-bond donors (Lipinski definition) is 0. The Morgan fingerprint density at radius 1 is 1.08 bits per heavy atom. The molecule has 0 radical (unpaired) electrons. The number of fused-ring (bicyclic) bond motifs is 2. The van der Waals surface area contributed by atoms with Gasteiger partial charge in [0.25, 0.3) is 5.19 Å². The van der Waals surface area contributed by atoms with E-state index >= 15 is 0 Å². The Morgan fingerprint density at radius 2 is 1.95 bits per heavy atom. The second kappa shape index (κ2) is 9.92. The molecular formula is C27H22N4O5S2. The second-order valence-electron chi connectivity index (χ2n) is 8.53. The van der Waals surface area contributed by atoms with E-state index < -0.39 is 0 Å². The number of ether oxygens (including phenoxy) is 3. The van der Waals surface area contributed by atoms with Crippen LogP contribution < -0.4 is 14.2 Å². The summed E-state index contributed by atoms with van der Waals surface area (Å²) < 4.78 is 24.7. The van der Waals surface area contributed by atoms with Crippen molar-refractivity contribution in [2.45, 2.75) is 20.0 Å². The van der Waals surface area contributed by atoms with Gasteiger partial charge in [0.15, 0.2) is 11.5 Å². The third kappa shape index (κ3) is 4.73. The van der Waals surface area contributed by atoms with Crippen LogP contribution in [0.15, 0.2) is 58.5 Å². The molecule has 0 saturated carbocycles. The first-order valence-electron chi connectivity index (χ1n) is 11.7. The maximum atomic E-state index is 12.6. The highest BCUT2D eigenvalue weighted by Gasteiger charge is 2.17. The van der Waals surface area contributed by atoms with Crippen molar-refractivity contribution in [3.63, 3.8) is 0 Å². The van der Waals surface area contributed by atoms with E-state index in [2.05, 4.69) is 15.1 Å². The molecule has 9 nitrogen and oxygen atoms in total. The number of benzene rings is 2. The van der Waals surface area contributed by atoms with Crippen LogP contribution in [-0.4, -0.2) is 39.6 Å². The molecule has 0 N–H and O–H groups in total. The van der Waals surface area contributed by atoms with Gasteiger partial charge in [0.1, 0.15) is 35.1 Å². The normalized spacial score (nSPS) is 11.3. The predicted molar refractivity (Wildman–Crippen MR) is 145 cm³/mol. The maximum absolute atomic E-state index is 12.6. The number of carbonyl (C=O) groups excluding carboxylic acids is 1. The molecule has 6 rings (SSSR count). The molecule has 11 heteroatoms. The highest BCUT2D eigenvalue weighted by molar-refractivity contribution is 7.18. The van der Waals surface area contributed by atoms with E-state index in [1.807, 2.05) is 49.4 Å². The molecule has 0 fully saturated rings.